The van der Waals surface area contributed by atoms with Crippen molar-refractivity contribution >= 4 is 17.9 Å². The Bertz CT molecular complexity index is 422. The standard InChI is InChI=1S/C13H15NO3/c1-3-9-14(10-4-2)12-7-5-11(17-12)6-8-13(15)16/h3-8H,1-2,9-10H2,(H,15,16)/b8-6+. The van der Waals surface area contributed by atoms with Crippen LogP contribution in [0, 0.1) is 0 Å². The van der Waals surface area contributed by atoms with Gasteiger partial charge in [-0.25, -0.2) is 4.79 Å². The second-order valence-electron chi connectivity index (χ2n) is 3.33. The summed E-state index contributed by atoms with van der Waals surface area (Å²) in [6.45, 7) is 8.61. The molecule has 4 nitrogen and oxygen atoms in total. The van der Waals surface area contributed by atoms with Gasteiger partial charge < -0.3 is 14.4 Å². The Morgan fingerprint density at radius 2 is 2.00 bits per heavy atom. The van der Waals surface area contributed by atoms with E-state index in [-0.39, 0.29) is 0 Å². The van der Waals surface area contributed by atoms with Gasteiger partial charge in [-0.05, 0) is 12.1 Å². The normalized spacial score (nSPS) is 10.4. The molecule has 0 aliphatic rings. The molecule has 1 aromatic heterocycles. The number of hydrogen-bond donors (Lipinski definition) is 1. The van der Waals surface area contributed by atoms with E-state index >= 15 is 0 Å². The average Bonchev–Trinajstić information content (AvgIpc) is 2.74. The number of carboxylic acid groups (broad SMARTS) is 1. The molecule has 1 heterocycles. The maximum atomic E-state index is 10.4. The van der Waals surface area contributed by atoms with Crippen molar-refractivity contribution < 1.29 is 14.3 Å². The van der Waals surface area contributed by atoms with E-state index in [1.807, 2.05) is 4.90 Å². The SMILES string of the molecule is C=CCN(CC=C)c1ccc(/C=C/C(=O)O)o1. The van der Waals surface area contributed by atoms with Crippen molar-refractivity contribution in [3.05, 3.63) is 49.3 Å². The van der Waals surface area contributed by atoms with Crippen molar-refractivity contribution in [1.29, 1.82) is 0 Å². The van der Waals surface area contributed by atoms with Gasteiger partial charge in [0.15, 0.2) is 5.88 Å². The van der Waals surface area contributed by atoms with Gasteiger partial charge in [0.2, 0.25) is 0 Å². The molecule has 0 fully saturated rings. The fourth-order valence-corrected chi connectivity index (χ4v) is 1.32. The van der Waals surface area contributed by atoms with Crippen molar-refractivity contribution in [2.24, 2.45) is 0 Å². The Morgan fingerprint density at radius 1 is 1.35 bits per heavy atom. The molecule has 0 spiro atoms. The zero-order valence-electron chi connectivity index (χ0n) is 9.50. The Balaban J connectivity index is 2.80. The van der Waals surface area contributed by atoms with E-state index in [1.54, 1.807) is 24.3 Å². The van der Waals surface area contributed by atoms with Crippen molar-refractivity contribution in [1.82, 2.24) is 0 Å². The lowest BCUT2D eigenvalue weighted by Gasteiger charge is -2.17. The molecule has 90 valence electrons. The van der Waals surface area contributed by atoms with Crippen LogP contribution in [0.4, 0.5) is 5.88 Å². The summed E-state index contributed by atoms with van der Waals surface area (Å²) in [5.74, 6) is 0.160. The first kappa shape index (κ1) is 12.8. The Labute approximate surface area is 100 Å². The van der Waals surface area contributed by atoms with Crippen LogP contribution in [-0.4, -0.2) is 24.2 Å². The molecule has 0 saturated heterocycles. The number of carboxylic acids is 1. The van der Waals surface area contributed by atoms with Crippen LogP contribution >= 0.6 is 0 Å². The number of aliphatic carboxylic acids is 1. The summed E-state index contributed by atoms with van der Waals surface area (Å²) >= 11 is 0. The molecular formula is C13H15NO3. The van der Waals surface area contributed by atoms with E-state index in [2.05, 4.69) is 13.2 Å². The van der Waals surface area contributed by atoms with Gasteiger partial charge in [0.1, 0.15) is 5.76 Å². The summed E-state index contributed by atoms with van der Waals surface area (Å²) in [4.78, 5) is 12.3. The summed E-state index contributed by atoms with van der Waals surface area (Å²) < 4.78 is 5.48. The van der Waals surface area contributed by atoms with E-state index in [4.69, 9.17) is 9.52 Å². The Morgan fingerprint density at radius 3 is 2.53 bits per heavy atom. The smallest absolute Gasteiger partial charge is 0.328 e. The molecule has 0 aromatic carbocycles. The van der Waals surface area contributed by atoms with Crippen LogP contribution in [0.5, 0.6) is 0 Å². The van der Waals surface area contributed by atoms with Crippen LogP contribution in [0.3, 0.4) is 0 Å². The van der Waals surface area contributed by atoms with Crippen LogP contribution in [0.25, 0.3) is 6.08 Å². The van der Waals surface area contributed by atoms with Gasteiger partial charge in [-0.2, -0.15) is 0 Å². The minimum Gasteiger partial charge on any atom is -0.478 e. The van der Waals surface area contributed by atoms with Crippen molar-refractivity contribution in [3.63, 3.8) is 0 Å². The third-order valence-corrected chi connectivity index (χ3v) is 2.01. The molecule has 1 aromatic rings. The lowest BCUT2D eigenvalue weighted by molar-refractivity contribution is -0.131. The van der Waals surface area contributed by atoms with Gasteiger partial charge in [0, 0.05) is 25.2 Å². The highest BCUT2D eigenvalue weighted by atomic mass is 16.4. The van der Waals surface area contributed by atoms with Gasteiger partial charge in [-0.1, -0.05) is 12.2 Å². The predicted molar refractivity (Wildman–Crippen MR) is 68.0 cm³/mol. The fourth-order valence-electron chi connectivity index (χ4n) is 1.32. The second kappa shape index (κ2) is 6.37. The number of anilines is 1. The molecule has 4 heteroatoms. The molecule has 0 amide bonds. The fraction of sp³-hybridized carbons (Fsp3) is 0.154. The maximum Gasteiger partial charge on any atom is 0.328 e. The number of carbonyl (C=O) groups is 1. The molecule has 0 bridgehead atoms. The van der Waals surface area contributed by atoms with Gasteiger partial charge in [-0.3, -0.25) is 0 Å². The quantitative estimate of drug-likeness (QED) is 0.581. The Hall–Kier alpha value is -2.23. The lowest BCUT2D eigenvalue weighted by atomic mass is 10.4. The lowest BCUT2D eigenvalue weighted by Crippen LogP contribution is -2.22. The molecular weight excluding hydrogens is 218 g/mol. The van der Waals surface area contributed by atoms with E-state index in [0.29, 0.717) is 24.7 Å². The minimum atomic E-state index is -1.00. The van der Waals surface area contributed by atoms with Gasteiger partial charge in [0.25, 0.3) is 0 Å². The van der Waals surface area contributed by atoms with Crippen molar-refractivity contribution in [2.75, 3.05) is 18.0 Å². The first-order valence-electron chi connectivity index (χ1n) is 5.15. The van der Waals surface area contributed by atoms with Crippen molar-refractivity contribution in [3.8, 4) is 0 Å². The molecule has 0 aliphatic carbocycles. The number of rotatable bonds is 7. The first-order chi connectivity index (χ1) is 8.17. The molecule has 17 heavy (non-hydrogen) atoms. The first-order valence-corrected chi connectivity index (χ1v) is 5.15. The molecule has 1 rings (SSSR count). The minimum absolute atomic E-state index is 0.500. The maximum absolute atomic E-state index is 10.4. The predicted octanol–water partition coefficient (Wildman–Crippen LogP) is 2.56. The number of furan rings is 1. The molecule has 0 aliphatic heterocycles. The highest BCUT2D eigenvalue weighted by molar-refractivity contribution is 5.84. The third-order valence-electron chi connectivity index (χ3n) is 2.01. The van der Waals surface area contributed by atoms with Crippen molar-refractivity contribution in [2.45, 2.75) is 0 Å². The molecule has 0 radical (unpaired) electrons. The van der Waals surface area contributed by atoms with E-state index in [1.165, 1.54) is 6.08 Å². The van der Waals surface area contributed by atoms with E-state index in [0.717, 1.165) is 6.08 Å². The van der Waals surface area contributed by atoms with E-state index < -0.39 is 5.97 Å². The summed E-state index contributed by atoms with van der Waals surface area (Å²) in [6.07, 6.45) is 5.97. The van der Waals surface area contributed by atoms with Gasteiger partial charge >= 0.3 is 5.97 Å². The van der Waals surface area contributed by atoms with Crippen LogP contribution in [0.2, 0.25) is 0 Å². The van der Waals surface area contributed by atoms with Gasteiger partial charge in [-0.15, -0.1) is 13.2 Å². The highest BCUT2D eigenvalue weighted by Gasteiger charge is 2.07. The number of nitrogens with zero attached hydrogens (tertiary/aromatic N) is 1. The van der Waals surface area contributed by atoms with Crippen LogP contribution in [-0.2, 0) is 4.79 Å². The molecule has 1 N–H and O–H groups in total. The average molecular weight is 233 g/mol. The zero-order chi connectivity index (χ0) is 12.7. The van der Waals surface area contributed by atoms with Crippen LogP contribution in [0.1, 0.15) is 5.76 Å². The summed E-state index contributed by atoms with van der Waals surface area (Å²) in [5, 5.41) is 8.49. The van der Waals surface area contributed by atoms with E-state index in [9.17, 15) is 4.79 Å². The summed E-state index contributed by atoms with van der Waals surface area (Å²) in [5.41, 5.74) is 0. The zero-order valence-corrected chi connectivity index (χ0v) is 9.50. The molecule has 0 saturated carbocycles. The highest BCUT2D eigenvalue weighted by Crippen LogP contribution is 2.19. The summed E-state index contributed by atoms with van der Waals surface area (Å²) in [6, 6.07) is 3.50. The monoisotopic (exact) mass is 233 g/mol. The Kier molecular flexibility index (Phi) is 4.81. The van der Waals surface area contributed by atoms with Crippen LogP contribution in [0.15, 0.2) is 47.9 Å². The summed E-state index contributed by atoms with van der Waals surface area (Å²) in [7, 11) is 0. The topological polar surface area (TPSA) is 53.7 Å². The third kappa shape index (κ3) is 4.03. The molecule has 0 atom stereocenters. The van der Waals surface area contributed by atoms with Gasteiger partial charge in [0.05, 0.1) is 0 Å². The van der Waals surface area contributed by atoms with Crippen LogP contribution < -0.4 is 4.90 Å². The largest absolute Gasteiger partial charge is 0.478 e. The molecule has 0 unspecified atom stereocenters. The second-order valence-corrected chi connectivity index (χ2v) is 3.33. The number of hydrogen-bond acceptors (Lipinski definition) is 3.